The molecule has 5 amide bonds. The third-order valence-electron chi connectivity index (χ3n) is 21.2. The van der Waals surface area contributed by atoms with E-state index >= 15 is 0 Å². The molecule has 9 atom stereocenters. The number of ether oxygens (including phenoxy) is 1. The number of benzene rings is 1. The summed E-state index contributed by atoms with van der Waals surface area (Å²) in [6, 6.07) is 4.33. The predicted octanol–water partition coefficient (Wildman–Crippen LogP) is 5.87. The third-order valence-corrected chi connectivity index (χ3v) is 24.3. The summed E-state index contributed by atoms with van der Waals surface area (Å²) in [5.74, 6) is -15.4. The van der Waals surface area contributed by atoms with Crippen molar-refractivity contribution in [2.75, 3.05) is 61.2 Å². The Kier molecular flexibility index (Phi) is 31.4. The molecule has 1 unspecified atom stereocenters. The third kappa shape index (κ3) is 23.5. The Labute approximate surface area is 681 Å². The van der Waals surface area contributed by atoms with Gasteiger partial charge in [-0.25, -0.2) is 14.6 Å². The number of aliphatic carboxylic acids is 2. The number of Topliss-reactive ketones (excluding diaryl/α,β-unsaturated/α-hetero) is 5. The number of anilines is 2. The molecule has 5 aliphatic rings. The van der Waals surface area contributed by atoms with Gasteiger partial charge in [0.25, 0.3) is 21.6 Å². The minimum atomic E-state index is -4.44. The maximum Gasteiger partial charge on any atom is 0.327 e. The lowest BCUT2D eigenvalue weighted by molar-refractivity contribution is -0.143. The first-order valence-electron chi connectivity index (χ1n) is 38.5. The van der Waals surface area contributed by atoms with Crippen molar-refractivity contribution in [2.45, 2.75) is 151 Å². The van der Waals surface area contributed by atoms with Gasteiger partial charge in [0.1, 0.15) is 48.6 Å². The summed E-state index contributed by atoms with van der Waals surface area (Å²) >= 11 is 0. The highest BCUT2D eigenvalue weighted by Gasteiger charge is 2.50. The van der Waals surface area contributed by atoms with Crippen LogP contribution < -0.4 is 43.2 Å². The lowest BCUT2D eigenvalue weighted by atomic mass is 9.78. The summed E-state index contributed by atoms with van der Waals surface area (Å²) in [6.07, 6.45) is 5.10. The molecule has 0 saturated heterocycles. The van der Waals surface area contributed by atoms with Gasteiger partial charge in [-0.1, -0.05) is 42.4 Å². The highest BCUT2D eigenvalue weighted by atomic mass is 33.1. The molecule has 0 radical (unpaired) electrons. The number of aliphatic hydroxyl groups excluding tert-OH is 1. The first-order chi connectivity index (χ1) is 55.6. The number of nitrogens with two attached hydrogens (primary N) is 1. The van der Waals surface area contributed by atoms with Gasteiger partial charge in [0.15, 0.2) is 22.9 Å². The summed E-state index contributed by atoms with van der Waals surface area (Å²) in [6.45, 7) is 11.5. The van der Waals surface area contributed by atoms with Crippen LogP contribution in [0.3, 0.4) is 0 Å². The number of carboxylic acids is 2. The van der Waals surface area contributed by atoms with Gasteiger partial charge in [0.05, 0.1) is 41.3 Å². The quantitative estimate of drug-likeness (QED) is 0.00615. The molecule has 2 aliphatic carbocycles. The molecule has 626 valence electrons. The number of rotatable bonds is 43. The molecule has 117 heavy (non-hydrogen) atoms. The van der Waals surface area contributed by atoms with Crippen LogP contribution in [0.5, 0.6) is 0 Å². The van der Waals surface area contributed by atoms with Crippen LogP contribution >= 0.6 is 21.6 Å². The summed E-state index contributed by atoms with van der Waals surface area (Å²) in [5, 5.41) is 46.0. The minimum absolute atomic E-state index is 0.00603. The molecule has 3 aliphatic heterocycles. The Bertz CT molecular complexity index is 5040. The van der Waals surface area contributed by atoms with Gasteiger partial charge in [-0.05, 0) is 137 Å². The first-order valence-corrected chi connectivity index (χ1v) is 42.6. The number of hydrogen-bond donors (Lipinski definition) is 13. The van der Waals surface area contributed by atoms with E-state index in [-0.39, 0.29) is 124 Å². The van der Waals surface area contributed by atoms with Crippen molar-refractivity contribution in [1.82, 2.24) is 46.5 Å². The number of aliphatic imine (C=N–C) groups is 2. The van der Waals surface area contributed by atoms with E-state index in [1.54, 1.807) is 19.1 Å². The normalized spacial score (nSPS) is 18.5. The fourth-order valence-electron chi connectivity index (χ4n) is 15.0. The number of carbonyl (C=O) groups excluding carboxylic acids is 11. The van der Waals surface area contributed by atoms with Crippen LogP contribution in [0, 0.1) is 48.3 Å². The van der Waals surface area contributed by atoms with Crippen LogP contribution in [-0.2, 0) is 74.1 Å². The van der Waals surface area contributed by atoms with Crippen molar-refractivity contribution in [3.05, 3.63) is 126 Å². The van der Waals surface area contributed by atoms with Crippen LogP contribution in [0.25, 0.3) is 23.2 Å². The summed E-state index contributed by atoms with van der Waals surface area (Å²) in [4.78, 5) is 211. The zero-order valence-electron chi connectivity index (χ0n) is 65.8. The van der Waals surface area contributed by atoms with Gasteiger partial charge in [0.2, 0.25) is 23.6 Å². The van der Waals surface area contributed by atoms with Gasteiger partial charge < -0.3 is 67.7 Å². The monoisotopic (exact) mass is 1670 g/mol. The number of nitrogens with one attached hydrogen (secondary N) is 8. The number of amides is 5. The van der Waals surface area contributed by atoms with E-state index in [4.69, 9.17) is 20.5 Å². The van der Waals surface area contributed by atoms with E-state index < -0.39 is 173 Å². The number of fused-ring (bicyclic) bond motifs is 7. The van der Waals surface area contributed by atoms with Crippen LogP contribution in [0.15, 0.2) is 96.6 Å². The fraction of sp³-hybridized carbons (Fsp3) is 0.475. The van der Waals surface area contributed by atoms with Crippen LogP contribution in [0.4, 0.5) is 11.5 Å². The molecule has 0 saturated carbocycles. The molecule has 3 aromatic heterocycles. The van der Waals surface area contributed by atoms with E-state index in [1.165, 1.54) is 31.3 Å². The smallest absolute Gasteiger partial charge is 0.327 e. The number of carboxylic acid groups (broad SMARTS) is 2. The average molecular weight is 1670 g/mol. The highest BCUT2D eigenvalue weighted by molar-refractivity contribution is 8.76. The standard InChI is InChI=1S/C80H97N13O21S3/c1-8-52-40(4)56-33-60-68(43(7)95)42(6)58(89-60)32-57-41(5)53(72(90-57)70-54-29-46(30-59(52)88-56)39(3)69(54)74(102)71(70)63(98)37-94)19-17-50(96)27-45(14-21-65(99)83-23-26-117(111,112)113)75(103)84-22-10-11-67(101)114-24-25-115-116-38-62(80(109)110)92-77(105)47(31-66(100)82-9-2)28-51(97)18-20-55(79(107)108)91-76(104)44-12-15-48(16-13-44)85-35-49-36-86-61-34-64(81)93-78(106)73(61)87-49/h12-13,15-16,30,32-34,36,40-41,45,47,52-53,55,62,71,85,89,94H,8-11,14,17-29,31,35,37-38H2,1-7H3,(H,82,100)(H,83,99)(H,84,103)(H,91,104)(H,92,105)(H,107,108)(H,109,110)(H3,81,93,106)(H,111,112,113)/t40-,41+,45-,47+,52-,53+,55+,62+,71?/m1/s1. The van der Waals surface area contributed by atoms with Crippen molar-refractivity contribution in [2.24, 2.45) is 51.4 Å². The van der Waals surface area contributed by atoms with Crippen molar-refractivity contribution >= 4 is 154 Å². The molecule has 6 heterocycles. The number of H-pyrrole nitrogens is 2. The summed E-state index contributed by atoms with van der Waals surface area (Å²) < 4.78 is 37.4. The molecule has 9 rings (SSSR count). The molecule has 4 aromatic rings. The summed E-state index contributed by atoms with van der Waals surface area (Å²) in [7, 11) is -2.33. The molecule has 37 heteroatoms. The molecule has 0 fully saturated rings. The van der Waals surface area contributed by atoms with Crippen molar-refractivity contribution < 1.29 is 95.4 Å². The van der Waals surface area contributed by atoms with E-state index in [2.05, 4.69) is 65.7 Å². The van der Waals surface area contributed by atoms with Gasteiger partial charge in [-0.2, -0.15) is 8.42 Å². The lowest BCUT2D eigenvalue weighted by Crippen LogP contribution is -2.46. The molecule has 0 spiro atoms. The SMILES string of the molecule is CCNC(=O)C[C@H](CC(=O)CC[C@H](NC(=O)c1ccc(NCc2cnc3cc(N)[nH]c(=O)c3n2)cc1)C(=O)O)C(=O)N[C@@H](CSSCCOC(=O)CCCNC(=O)[C@H](CCC(=O)NCCS(=O)(=O)O)CC(=O)CC[C@@H]1C2=NC(=Cc3[nH]c(c(C(C)=O)c3C)C=C3N=C(C=C4CC5=C2C(C(=O)CO)C(=O)C5=C4C)[C@H](CC)[C@H]3C)[C@H]1C)C(=O)O. The lowest BCUT2D eigenvalue weighted by Gasteiger charge is -2.22. The Hall–Kier alpha value is -10.9. The Morgan fingerprint density at radius 2 is 1.45 bits per heavy atom. The van der Waals surface area contributed by atoms with E-state index in [9.17, 15) is 95.4 Å². The number of esters is 1. The van der Waals surface area contributed by atoms with E-state index in [0.717, 1.165) is 45.0 Å². The number of ketones is 5. The number of nitrogen functional groups attached to an aromatic ring is 1. The first kappa shape index (κ1) is 90.0. The summed E-state index contributed by atoms with van der Waals surface area (Å²) in [5.41, 5.74) is 14.2. The van der Waals surface area contributed by atoms with Crippen LogP contribution in [0.2, 0.25) is 0 Å². The number of allylic oxidation sites excluding steroid dienone is 8. The second kappa shape index (κ2) is 40.8. The number of carbonyl (C=O) groups is 13. The maximum atomic E-state index is 14.7. The second-order valence-corrected chi connectivity index (χ2v) is 33.6. The van der Waals surface area contributed by atoms with E-state index in [0.29, 0.717) is 73.1 Å². The Morgan fingerprint density at radius 3 is 2.14 bits per heavy atom. The van der Waals surface area contributed by atoms with Crippen molar-refractivity contribution in [3.63, 3.8) is 0 Å². The van der Waals surface area contributed by atoms with Crippen molar-refractivity contribution in [1.29, 1.82) is 0 Å². The number of hydrogen-bond acceptors (Lipinski definition) is 26. The van der Waals surface area contributed by atoms with Crippen LogP contribution in [0.1, 0.15) is 168 Å². The van der Waals surface area contributed by atoms with Gasteiger partial charge in [-0.15, -0.1) is 0 Å². The largest absolute Gasteiger partial charge is 0.480 e. The number of aromatic amines is 2. The highest BCUT2D eigenvalue weighted by Crippen LogP contribution is 2.51. The number of aromatic nitrogens is 4. The molecule has 1 aromatic carbocycles. The Morgan fingerprint density at radius 1 is 0.761 bits per heavy atom. The Balaban J connectivity index is 0.759. The average Bonchev–Trinajstić information content (AvgIpc) is 1.56. The zero-order valence-corrected chi connectivity index (χ0v) is 68.2. The topological polar surface area (TPSA) is 544 Å². The molecule has 14 N–H and O–H groups in total. The predicted molar refractivity (Wildman–Crippen MR) is 437 cm³/mol. The van der Waals surface area contributed by atoms with E-state index in [1.807, 2.05) is 39.0 Å². The number of pyridine rings is 1. The molecular weight excluding hydrogens is 1580 g/mol. The number of nitrogens with zero attached hydrogens (tertiary/aromatic N) is 4. The molecular formula is C80H97N13O21S3. The fourth-order valence-corrected chi connectivity index (χ4v) is 17.3. The molecule has 34 nitrogen and oxygen atoms in total. The van der Waals surface area contributed by atoms with Gasteiger partial charge >= 0.3 is 17.9 Å². The van der Waals surface area contributed by atoms with Crippen LogP contribution in [-0.4, -0.2) is 198 Å². The maximum absolute atomic E-state index is 14.7. The zero-order chi connectivity index (χ0) is 85.3. The van der Waals surface area contributed by atoms with Gasteiger partial charge in [0, 0.05) is 163 Å². The van der Waals surface area contributed by atoms with Crippen molar-refractivity contribution in [3.8, 4) is 0 Å². The van der Waals surface area contributed by atoms with Gasteiger partial charge in [-0.3, -0.25) is 77.1 Å². The second-order valence-electron chi connectivity index (χ2n) is 29.4. The number of aliphatic hydroxyl groups is 1. The molecule has 8 bridgehead atoms. The minimum Gasteiger partial charge on any atom is -0.480 e.